The first-order valence-corrected chi connectivity index (χ1v) is 6.84. The molecule has 1 amide bonds. The second-order valence-corrected chi connectivity index (χ2v) is 5.70. The second-order valence-electron chi connectivity index (χ2n) is 4.41. The summed E-state index contributed by atoms with van der Waals surface area (Å²) < 4.78 is 0. The van der Waals surface area contributed by atoms with Crippen molar-refractivity contribution >= 4 is 44.8 Å². The molecule has 3 heterocycles. The van der Waals surface area contributed by atoms with Gasteiger partial charge in [-0.05, 0) is 0 Å². The molecule has 3 N–H and O–H groups in total. The average Bonchev–Trinajstić information content (AvgIpc) is 2.77. The lowest BCUT2D eigenvalue weighted by Gasteiger charge is -2.14. The van der Waals surface area contributed by atoms with Gasteiger partial charge in [0.15, 0.2) is 17.0 Å². The molecule has 9 heteroatoms. The monoisotopic (exact) mass is 338 g/mol. The van der Waals surface area contributed by atoms with Crippen molar-refractivity contribution in [1.29, 1.82) is 0 Å². The lowest BCUT2D eigenvalue weighted by molar-refractivity contribution is -0.117. The van der Waals surface area contributed by atoms with Crippen LogP contribution in [0.2, 0.25) is 0 Å². The number of nitrogen functional groups attached to an aromatic ring is 1. The molecule has 0 radical (unpaired) electrons. The largest absolute Gasteiger partial charge is 0.390 e. The molecule has 2 aromatic heterocycles. The van der Waals surface area contributed by atoms with Crippen LogP contribution in [0.1, 0.15) is 12.1 Å². The van der Waals surface area contributed by atoms with Crippen LogP contribution in [0.3, 0.4) is 0 Å². The van der Waals surface area contributed by atoms with Gasteiger partial charge in [-0.25, -0.2) is 9.97 Å². The van der Waals surface area contributed by atoms with Gasteiger partial charge in [0.25, 0.3) is 0 Å². The molecule has 1 atom stereocenters. The van der Waals surface area contributed by atoms with Crippen LogP contribution in [0.25, 0.3) is 11.2 Å². The number of anilines is 2. The molecule has 20 heavy (non-hydrogen) atoms. The fraction of sp³-hybridized carbons (Fsp3) is 0.364. The van der Waals surface area contributed by atoms with E-state index in [2.05, 4.69) is 35.9 Å². The van der Waals surface area contributed by atoms with Crippen LogP contribution in [0.4, 0.5) is 11.8 Å². The first-order chi connectivity index (χ1) is 9.58. The minimum absolute atomic E-state index is 0.0643. The summed E-state index contributed by atoms with van der Waals surface area (Å²) in [5.74, 6) is 0.303. The molecule has 0 spiro atoms. The molecule has 3 rings (SSSR count). The normalized spacial score (nSPS) is 19.0. The SMILES string of the molecule is Nc1nc(N2CC(Br)CC2=O)nc2ncc(CO)nc12. The van der Waals surface area contributed by atoms with Crippen molar-refractivity contribution in [2.24, 2.45) is 0 Å². The molecule has 0 saturated carbocycles. The molecular weight excluding hydrogens is 328 g/mol. The maximum absolute atomic E-state index is 11.8. The van der Waals surface area contributed by atoms with Crippen molar-refractivity contribution in [3.63, 3.8) is 0 Å². The maximum Gasteiger partial charge on any atom is 0.236 e. The van der Waals surface area contributed by atoms with Gasteiger partial charge in [-0.1, -0.05) is 15.9 Å². The second kappa shape index (κ2) is 4.91. The Bertz CT molecular complexity index is 694. The number of carbonyl (C=O) groups is 1. The highest BCUT2D eigenvalue weighted by molar-refractivity contribution is 9.09. The molecule has 8 nitrogen and oxygen atoms in total. The first kappa shape index (κ1) is 13.1. The number of aromatic nitrogens is 4. The van der Waals surface area contributed by atoms with Crippen LogP contribution >= 0.6 is 15.9 Å². The van der Waals surface area contributed by atoms with E-state index in [4.69, 9.17) is 10.8 Å². The first-order valence-electron chi connectivity index (χ1n) is 5.93. The smallest absolute Gasteiger partial charge is 0.236 e. The minimum atomic E-state index is -0.236. The fourth-order valence-corrected chi connectivity index (χ4v) is 2.57. The average molecular weight is 339 g/mol. The Hall–Kier alpha value is -1.87. The highest BCUT2D eigenvalue weighted by atomic mass is 79.9. The van der Waals surface area contributed by atoms with Crippen molar-refractivity contribution in [2.45, 2.75) is 17.9 Å². The number of halogens is 1. The summed E-state index contributed by atoms with van der Waals surface area (Å²) in [7, 11) is 0. The lowest BCUT2D eigenvalue weighted by Crippen LogP contribution is -2.27. The number of carbonyl (C=O) groups excluding carboxylic acids is 1. The van der Waals surface area contributed by atoms with Gasteiger partial charge < -0.3 is 10.8 Å². The Morgan fingerprint density at radius 3 is 2.90 bits per heavy atom. The molecule has 0 aromatic carbocycles. The van der Waals surface area contributed by atoms with E-state index in [0.717, 1.165) is 0 Å². The topological polar surface area (TPSA) is 118 Å². The molecule has 1 aliphatic heterocycles. The Morgan fingerprint density at radius 1 is 1.45 bits per heavy atom. The Labute approximate surface area is 122 Å². The van der Waals surface area contributed by atoms with E-state index < -0.39 is 0 Å². The molecular formula is C11H11BrN6O2. The summed E-state index contributed by atoms with van der Waals surface area (Å²) >= 11 is 3.40. The zero-order chi connectivity index (χ0) is 14.3. The van der Waals surface area contributed by atoms with Crippen LogP contribution in [-0.2, 0) is 11.4 Å². The van der Waals surface area contributed by atoms with Gasteiger partial charge in [0.1, 0.15) is 0 Å². The van der Waals surface area contributed by atoms with Gasteiger partial charge in [0.05, 0.1) is 18.5 Å². The molecule has 1 fully saturated rings. The molecule has 104 valence electrons. The molecule has 1 saturated heterocycles. The summed E-state index contributed by atoms with van der Waals surface area (Å²) in [6.45, 7) is 0.256. The highest BCUT2D eigenvalue weighted by Gasteiger charge is 2.31. The number of fused-ring (bicyclic) bond motifs is 1. The van der Waals surface area contributed by atoms with Crippen molar-refractivity contribution in [1.82, 2.24) is 19.9 Å². The van der Waals surface area contributed by atoms with Crippen LogP contribution in [-0.4, -0.2) is 42.3 Å². The van der Waals surface area contributed by atoms with E-state index in [9.17, 15) is 4.79 Å². The number of aliphatic hydroxyl groups excluding tert-OH is 1. The lowest BCUT2D eigenvalue weighted by atomic mass is 10.4. The number of alkyl halides is 1. The Morgan fingerprint density at radius 2 is 2.25 bits per heavy atom. The number of rotatable bonds is 2. The van der Waals surface area contributed by atoms with Gasteiger partial charge in [0.2, 0.25) is 11.9 Å². The standard InChI is InChI=1S/C11H11BrN6O2/c12-5-1-7(20)18(3-5)11-16-9(13)8-10(17-11)14-2-6(4-19)15-8/h2,5,19H,1,3-4H2,(H2,13,14,16,17). The van der Waals surface area contributed by atoms with Crippen molar-refractivity contribution < 1.29 is 9.90 Å². The zero-order valence-electron chi connectivity index (χ0n) is 10.3. The minimum Gasteiger partial charge on any atom is -0.390 e. The molecule has 0 bridgehead atoms. The van der Waals surface area contributed by atoms with Crippen molar-refractivity contribution in [3.05, 3.63) is 11.9 Å². The van der Waals surface area contributed by atoms with Crippen molar-refractivity contribution in [3.8, 4) is 0 Å². The summed E-state index contributed by atoms with van der Waals surface area (Å²) in [6, 6.07) is 0. The quantitative estimate of drug-likeness (QED) is 0.739. The van der Waals surface area contributed by atoms with Crippen LogP contribution in [0.5, 0.6) is 0 Å². The van der Waals surface area contributed by atoms with Gasteiger partial charge in [0, 0.05) is 17.8 Å². The third-order valence-electron chi connectivity index (χ3n) is 2.95. The Kier molecular flexibility index (Phi) is 3.22. The third kappa shape index (κ3) is 2.18. The van der Waals surface area contributed by atoms with Gasteiger partial charge in [-0.2, -0.15) is 9.97 Å². The number of aliphatic hydroxyl groups is 1. The number of nitrogens with two attached hydrogens (primary N) is 1. The number of nitrogens with zero attached hydrogens (tertiary/aromatic N) is 5. The van der Waals surface area contributed by atoms with E-state index in [1.165, 1.54) is 11.1 Å². The van der Waals surface area contributed by atoms with E-state index >= 15 is 0 Å². The van der Waals surface area contributed by atoms with E-state index in [1.807, 2.05) is 0 Å². The zero-order valence-corrected chi connectivity index (χ0v) is 11.9. The van der Waals surface area contributed by atoms with Gasteiger partial charge >= 0.3 is 0 Å². The van der Waals surface area contributed by atoms with E-state index in [1.54, 1.807) is 0 Å². The van der Waals surface area contributed by atoms with E-state index in [-0.39, 0.29) is 29.1 Å². The fourth-order valence-electron chi connectivity index (χ4n) is 2.01. The molecule has 1 unspecified atom stereocenters. The van der Waals surface area contributed by atoms with Crippen LogP contribution < -0.4 is 10.6 Å². The maximum atomic E-state index is 11.8. The van der Waals surface area contributed by atoms with E-state index in [0.29, 0.717) is 29.8 Å². The summed E-state index contributed by atoms with van der Waals surface area (Å²) in [4.78, 5) is 29.9. The van der Waals surface area contributed by atoms with Gasteiger partial charge in [-0.15, -0.1) is 0 Å². The summed E-state index contributed by atoms with van der Waals surface area (Å²) in [5, 5.41) is 9.04. The number of amides is 1. The summed E-state index contributed by atoms with van der Waals surface area (Å²) in [5.41, 5.74) is 6.85. The third-order valence-corrected chi connectivity index (χ3v) is 3.57. The van der Waals surface area contributed by atoms with Crippen molar-refractivity contribution in [2.75, 3.05) is 17.2 Å². The summed E-state index contributed by atoms with van der Waals surface area (Å²) in [6.07, 6.45) is 1.81. The predicted molar refractivity (Wildman–Crippen MR) is 75.1 cm³/mol. The molecule has 2 aromatic rings. The molecule has 1 aliphatic rings. The highest BCUT2D eigenvalue weighted by Crippen LogP contribution is 2.25. The van der Waals surface area contributed by atoms with Crippen LogP contribution in [0.15, 0.2) is 6.20 Å². The molecule has 0 aliphatic carbocycles. The Balaban J connectivity index is 2.08. The van der Waals surface area contributed by atoms with Crippen LogP contribution in [0, 0.1) is 0 Å². The number of hydrogen-bond donors (Lipinski definition) is 2. The van der Waals surface area contributed by atoms with Gasteiger partial charge in [-0.3, -0.25) is 9.69 Å². The predicted octanol–water partition coefficient (Wildman–Crippen LogP) is -0.00550. The number of hydrogen-bond acceptors (Lipinski definition) is 7.